The van der Waals surface area contributed by atoms with Crippen molar-refractivity contribution in [2.75, 3.05) is 54.4 Å². The minimum atomic E-state index is -0.0311. The molecule has 0 spiro atoms. The Morgan fingerprint density at radius 2 is 1.57 bits per heavy atom. The molecule has 2 saturated heterocycles. The Labute approximate surface area is 171 Å². The number of piperazine rings is 1. The van der Waals surface area contributed by atoms with Gasteiger partial charge in [-0.25, -0.2) is 4.79 Å². The number of halogens is 1. The van der Waals surface area contributed by atoms with Crippen molar-refractivity contribution in [3.8, 4) is 0 Å². The van der Waals surface area contributed by atoms with Crippen molar-refractivity contribution >= 4 is 34.7 Å². The van der Waals surface area contributed by atoms with Gasteiger partial charge in [0.1, 0.15) is 0 Å². The molecule has 2 aliphatic heterocycles. The predicted molar refractivity (Wildman–Crippen MR) is 117 cm³/mol. The number of anilines is 3. The van der Waals surface area contributed by atoms with Crippen LogP contribution in [0.4, 0.5) is 21.9 Å². The molecular weight excluding hydrogens is 372 g/mol. The van der Waals surface area contributed by atoms with Gasteiger partial charge in [0.15, 0.2) is 0 Å². The van der Waals surface area contributed by atoms with Crippen LogP contribution in [-0.4, -0.2) is 50.2 Å². The lowest BCUT2D eigenvalue weighted by Crippen LogP contribution is -2.50. The predicted octanol–water partition coefficient (Wildman–Crippen LogP) is 4.60. The second kappa shape index (κ2) is 8.31. The molecule has 5 nitrogen and oxygen atoms in total. The van der Waals surface area contributed by atoms with Gasteiger partial charge in [-0.05, 0) is 61.7 Å². The van der Waals surface area contributed by atoms with Gasteiger partial charge < -0.3 is 20.0 Å². The zero-order chi connectivity index (χ0) is 19.5. The van der Waals surface area contributed by atoms with E-state index in [9.17, 15) is 4.79 Å². The number of carbonyl (C=O) groups is 1. The quantitative estimate of drug-likeness (QED) is 0.820. The summed E-state index contributed by atoms with van der Waals surface area (Å²) < 4.78 is 0. The van der Waals surface area contributed by atoms with E-state index >= 15 is 0 Å². The van der Waals surface area contributed by atoms with Crippen LogP contribution in [0.2, 0.25) is 5.02 Å². The number of carbonyl (C=O) groups excluding carboxylic acids is 1. The number of rotatable bonds is 3. The number of urea groups is 1. The highest BCUT2D eigenvalue weighted by molar-refractivity contribution is 6.31. The molecule has 2 fully saturated rings. The van der Waals surface area contributed by atoms with E-state index in [2.05, 4.69) is 33.3 Å². The summed E-state index contributed by atoms with van der Waals surface area (Å²) in [5.41, 5.74) is 4.34. The molecule has 4 rings (SSSR count). The lowest BCUT2D eigenvalue weighted by Gasteiger charge is -2.36. The van der Waals surface area contributed by atoms with Gasteiger partial charge in [0, 0.05) is 61.4 Å². The minimum Gasteiger partial charge on any atom is -0.372 e. The number of hydrogen-bond acceptors (Lipinski definition) is 3. The first-order chi connectivity index (χ1) is 13.6. The molecular formula is C22H27ClN4O. The first-order valence-corrected chi connectivity index (χ1v) is 10.4. The number of amides is 2. The van der Waals surface area contributed by atoms with E-state index in [-0.39, 0.29) is 6.03 Å². The molecule has 2 aliphatic rings. The van der Waals surface area contributed by atoms with E-state index in [4.69, 9.17) is 11.6 Å². The average Bonchev–Trinajstić information content (AvgIpc) is 3.26. The highest BCUT2D eigenvalue weighted by Crippen LogP contribution is 2.27. The average molecular weight is 399 g/mol. The van der Waals surface area contributed by atoms with Crippen LogP contribution >= 0.6 is 11.6 Å². The van der Waals surface area contributed by atoms with E-state index in [1.165, 1.54) is 18.5 Å². The lowest BCUT2D eigenvalue weighted by molar-refractivity contribution is 0.208. The Bertz CT molecular complexity index is 825. The summed E-state index contributed by atoms with van der Waals surface area (Å²) in [6.45, 7) is 7.31. The van der Waals surface area contributed by atoms with E-state index < -0.39 is 0 Å². The summed E-state index contributed by atoms with van der Waals surface area (Å²) in [4.78, 5) is 19.2. The summed E-state index contributed by atoms with van der Waals surface area (Å²) >= 11 is 6.25. The SMILES string of the molecule is Cc1c(Cl)cccc1N1CCN(C(=O)Nc2ccc(N3CCCC3)cc2)CC1. The minimum absolute atomic E-state index is 0.0311. The van der Waals surface area contributed by atoms with Gasteiger partial charge >= 0.3 is 6.03 Å². The van der Waals surface area contributed by atoms with Crippen molar-refractivity contribution < 1.29 is 4.79 Å². The Balaban J connectivity index is 1.32. The Hall–Kier alpha value is -2.40. The van der Waals surface area contributed by atoms with Crippen molar-refractivity contribution in [1.29, 1.82) is 0 Å². The van der Waals surface area contributed by atoms with Crippen LogP contribution in [0.3, 0.4) is 0 Å². The third kappa shape index (κ3) is 4.04. The number of nitrogens with zero attached hydrogens (tertiary/aromatic N) is 3. The van der Waals surface area contributed by atoms with Crippen LogP contribution in [0.5, 0.6) is 0 Å². The molecule has 0 atom stereocenters. The van der Waals surface area contributed by atoms with Gasteiger partial charge in [-0.3, -0.25) is 0 Å². The maximum atomic E-state index is 12.6. The molecule has 28 heavy (non-hydrogen) atoms. The molecule has 2 amide bonds. The number of nitrogens with one attached hydrogen (secondary N) is 1. The van der Waals surface area contributed by atoms with E-state index in [0.717, 1.165) is 48.1 Å². The largest absolute Gasteiger partial charge is 0.372 e. The van der Waals surface area contributed by atoms with Crippen molar-refractivity contribution in [2.45, 2.75) is 19.8 Å². The number of benzene rings is 2. The molecule has 6 heteroatoms. The van der Waals surface area contributed by atoms with E-state index in [1.807, 2.05) is 36.1 Å². The van der Waals surface area contributed by atoms with Crippen molar-refractivity contribution in [3.05, 3.63) is 53.1 Å². The van der Waals surface area contributed by atoms with Crippen LogP contribution in [-0.2, 0) is 0 Å². The fraction of sp³-hybridized carbons (Fsp3) is 0.409. The van der Waals surface area contributed by atoms with Crippen LogP contribution in [0.15, 0.2) is 42.5 Å². The zero-order valence-electron chi connectivity index (χ0n) is 16.3. The first kappa shape index (κ1) is 18.9. The summed E-state index contributed by atoms with van der Waals surface area (Å²) in [5, 5.41) is 3.82. The van der Waals surface area contributed by atoms with Crippen molar-refractivity contribution in [2.24, 2.45) is 0 Å². The van der Waals surface area contributed by atoms with Gasteiger partial charge in [-0.2, -0.15) is 0 Å². The fourth-order valence-corrected chi connectivity index (χ4v) is 4.19. The molecule has 0 bridgehead atoms. The third-order valence-corrected chi connectivity index (χ3v) is 6.15. The number of hydrogen-bond donors (Lipinski definition) is 1. The van der Waals surface area contributed by atoms with Gasteiger partial charge in [-0.15, -0.1) is 0 Å². The second-order valence-electron chi connectivity index (χ2n) is 7.53. The maximum absolute atomic E-state index is 12.6. The first-order valence-electron chi connectivity index (χ1n) is 10.0. The summed E-state index contributed by atoms with van der Waals surface area (Å²) in [6.07, 6.45) is 2.53. The molecule has 2 aromatic rings. The molecule has 0 saturated carbocycles. The van der Waals surface area contributed by atoms with Crippen molar-refractivity contribution in [1.82, 2.24) is 4.90 Å². The van der Waals surface area contributed by atoms with Crippen LogP contribution < -0.4 is 15.1 Å². The highest BCUT2D eigenvalue weighted by Gasteiger charge is 2.22. The van der Waals surface area contributed by atoms with Gasteiger partial charge in [0.25, 0.3) is 0 Å². The Morgan fingerprint density at radius 3 is 2.25 bits per heavy atom. The normalized spacial score (nSPS) is 17.1. The second-order valence-corrected chi connectivity index (χ2v) is 7.94. The zero-order valence-corrected chi connectivity index (χ0v) is 17.1. The Kier molecular flexibility index (Phi) is 5.62. The van der Waals surface area contributed by atoms with Crippen LogP contribution in [0, 0.1) is 6.92 Å². The maximum Gasteiger partial charge on any atom is 0.321 e. The molecule has 2 heterocycles. The molecule has 2 aromatic carbocycles. The topological polar surface area (TPSA) is 38.8 Å². The van der Waals surface area contributed by atoms with Crippen molar-refractivity contribution in [3.63, 3.8) is 0 Å². The van der Waals surface area contributed by atoms with Gasteiger partial charge in [0.05, 0.1) is 0 Å². The summed E-state index contributed by atoms with van der Waals surface area (Å²) in [6, 6.07) is 14.2. The van der Waals surface area contributed by atoms with E-state index in [1.54, 1.807) is 0 Å². The van der Waals surface area contributed by atoms with E-state index in [0.29, 0.717) is 13.1 Å². The molecule has 0 aromatic heterocycles. The third-order valence-electron chi connectivity index (χ3n) is 5.74. The summed E-state index contributed by atoms with van der Waals surface area (Å²) in [7, 11) is 0. The van der Waals surface area contributed by atoms with Gasteiger partial charge in [-0.1, -0.05) is 17.7 Å². The Morgan fingerprint density at radius 1 is 0.893 bits per heavy atom. The standard InChI is InChI=1S/C22H27ClN4O/c1-17-20(23)5-4-6-21(17)26-13-15-27(16-14-26)22(28)24-18-7-9-19(10-8-18)25-11-2-3-12-25/h4-10H,2-3,11-16H2,1H3,(H,24,28). The molecule has 0 unspecified atom stereocenters. The monoisotopic (exact) mass is 398 g/mol. The molecule has 148 valence electrons. The lowest BCUT2D eigenvalue weighted by atomic mass is 10.1. The highest BCUT2D eigenvalue weighted by atomic mass is 35.5. The van der Waals surface area contributed by atoms with Gasteiger partial charge in [0.2, 0.25) is 0 Å². The molecule has 0 aliphatic carbocycles. The van der Waals surface area contributed by atoms with Crippen LogP contribution in [0.1, 0.15) is 18.4 Å². The van der Waals surface area contributed by atoms with Crippen LogP contribution in [0.25, 0.3) is 0 Å². The smallest absolute Gasteiger partial charge is 0.321 e. The summed E-state index contributed by atoms with van der Waals surface area (Å²) in [5.74, 6) is 0. The molecule has 1 N–H and O–H groups in total. The molecule has 0 radical (unpaired) electrons. The fourth-order valence-electron chi connectivity index (χ4n) is 4.02.